The SMILES string of the molecule is COc1cc(N2C(=S)N[C@@H](c3ccccn3)[C@H]2c2ccc(-c3ccccc3)o2)ccc1NS(C)(=O)=O. The van der Waals surface area contributed by atoms with Crippen LogP contribution in [0.2, 0.25) is 0 Å². The van der Waals surface area contributed by atoms with E-state index in [9.17, 15) is 8.42 Å². The molecule has 2 aromatic heterocycles. The van der Waals surface area contributed by atoms with Gasteiger partial charge in [-0.3, -0.25) is 9.71 Å². The van der Waals surface area contributed by atoms with Gasteiger partial charge in [0.15, 0.2) is 5.11 Å². The molecule has 4 aromatic rings. The molecule has 0 unspecified atom stereocenters. The fourth-order valence-corrected chi connectivity index (χ4v) is 5.22. The van der Waals surface area contributed by atoms with Crippen LogP contribution in [0.15, 0.2) is 89.5 Å². The van der Waals surface area contributed by atoms with E-state index in [4.69, 9.17) is 21.4 Å². The molecule has 2 aromatic carbocycles. The van der Waals surface area contributed by atoms with Gasteiger partial charge in [-0.1, -0.05) is 36.4 Å². The van der Waals surface area contributed by atoms with Gasteiger partial charge in [-0.15, -0.1) is 0 Å². The normalized spacial score (nSPS) is 17.6. The summed E-state index contributed by atoms with van der Waals surface area (Å²) < 4.78 is 37.9. The molecule has 1 aliphatic heterocycles. The Kier molecular flexibility index (Phi) is 6.38. The van der Waals surface area contributed by atoms with Crippen molar-refractivity contribution in [1.29, 1.82) is 0 Å². The van der Waals surface area contributed by atoms with E-state index in [1.807, 2.05) is 65.6 Å². The van der Waals surface area contributed by atoms with Gasteiger partial charge in [0.1, 0.15) is 23.3 Å². The predicted octanol–water partition coefficient (Wildman–Crippen LogP) is 4.90. The summed E-state index contributed by atoms with van der Waals surface area (Å²) in [6.45, 7) is 0. The molecule has 3 heterocycles. The Balaban J connectivity index is 1.59. The summed E-state index contributed by atoms with van der Waals surface area (Å²) in [6.07, 6.45) is 2.83. The first-order valence-corrected chi connectivity index (χ1v) is 13.5. The first kappa shape index (κ1) is 23.8. The third-order valence-electron chi connectivity index (χ3n) is 5.83. The molecular weight excluding hydrogens is 496 g/mol. The van der Waals surface area contributed by atoms with Crippen molar-refractivity contribution in [3.63, 3.8) is 0 Å². The molecule has 1 fully saturated rings. The lowest BCUT2D eigenvalue weighted by molar-refractivity contribution is 0.416. The number of hydrogen-bond donors (Lipinski definition) is 2. The highest BCUT2D eigenvalue weighted by atomic mass is 32.2. The molecule has 0 spiro atoms. The number of rotatable bonds is 7. The lowest BCUT2D eigenvalue weighted by Crippen LogP contribution is -2.29. The third-order valence-corrected chi connectivity index (χ3v) is 6.74. The van der Waals surface area contributed by atoms with E-state index >= 15 is 0 Å². The average Bonchev–Trinajstić information content (AvgIpc) is 3.49. The standard InChI is InChI=1S/C26H24N4O4S2/c1-33-23-16-18(11-12-19(23)29-36(2,31)32)30-25(24(28-26(30)35)20-10-6-7-15-27-20)22-14-13-21(34-22)17-8-4-3-5-9-17/h3-16,24-25,29H,1-2H3,(H,28,35)/t24-,25+/m0/s1. The number of furan rings is 1. The number of thiocarbonyl (C=S) groups is 1. The molecule has 0 saturated carbocycles. The molecule has 0 bridgehead atoms. The second-order valence-electron chi connectivity index (χ2n) is 8.32. The summed E-state index contributed by atoms with van der Waals surface area (Å²) in [7, 11) is -1.99. The zero-order valence-corrected chi connectivity index (χ0v) is 21.2. The summed E-state index contributed by atoms with van der Waals surface area (Å²) in [4.78, 5) is 6.50. The van der Waals surface area contributed by atoms with Gasteiger partial charge in [0.2, 0.25) is 10.0 Å². The Hall–Kier alpha value is -3.89. The molecule has 0 amide bonds. The van der Waals surface area contributed by atoms with Crippen molar-refractivity contribution in [2.24, 2.45) is 0 Å². The maximum absolute atomic E-state index is 11.8. The molecular formula is C26H24N4O4S2. The van der Waals surface area contributed by atoms with E-state index in [0.717, 1.165) is 23.3 Å². The molecule has 36 heavy (non-hydrogen) atoms. The van der Waals surface area contributed by atoms with Gasteiger partial charge in [-0.25, -0.2) is 8.42 Å². The van der Waals surface area contributed by atoms with Crippen LogP contribution in [0.3, 0.4) is 0 Å². The number of anilines is 2. The minimum absolute atomic E-state index is 0.284. The van der Waals surface area contributed by atoms with Crippen LogP contribution in [-0.4, -0.2) is 31.9 Å². The minimum atomic E-state index is -3.48. The lowest BCUT2D eigenvalue weighted by atomic mass is 10.0. The van der Waals surface area contributed by atoms with Crippen molar-refractivity contribution in [3.8, 4) is 17.1 Å². The minimum Gasteiger partial charge on any atom is -0.494 e. The number of sulfonamides is 1. The highest BCUT2D eigenvalue weighted by molar-refractivity contribution is 7.92. The molecule has 8 nitrogen and oxygen atoms in total. The zero-order valence-electron chi connectivity index (χ0n) is 19.6. The number of aromatic nitrogens is 1. The molecule has 5 rings (SSSR count). The fourth-order valence-electron chi connectivity index (χ4n) is 4.31. The number of benzene rings is 2. The van der Waals surface area contributed by atoms with Crippen LogP contribution in [0.1, 0.15) is 23.5 Å². The number of methoxy groups -OCH3 is 1. The van der Waals surface area contributed by atoms with Crippen LogP contribution in [0.25, 0.3) is 11.3 Å². The average molecular weight is 521 g/mol. The Morgan fingerprint density at radius 3 is 2.53 bits per heavy atom. The van der Waals surface area contributed by atoms with Crippen LogP contribution in [0, 0.1) is 0 Å². The quantitative estimate of drug-likeness (QED) is 0.332. The van der Waals surface area contributed by atoms with Crippen molar-refractivity contribution < 1.29 is 17.6 Å². The van der Waals surface area contributed by atoms with Crippen molar-refractivity contribution in [1.82, 2.24) is 10.3 Å². The van der Waals surface area contributed by atoms with E-state index < -0.39 is 10.0 Å². The summed E-state index contributed by atoms with van der Waals surface area (Å²) in [6, 6.07) is 24.0. The highest BCUT2D eigenvalue weighted by Gasteiger charge is 2.42. The van der Waals surface area contributed by atoms with Crippen LogP contribution >= 0.6 is 12.2 Å². The van der Waals surface area contributed by atoms with Crippen LogP contribution in [0.5, 0.6) is 5.75 Å². The van der Waals surface area contributed by atoms with Gasteiger partial charge < -0.3 is 19.4 Å². The van der Waals surface area contributed by atoms with Crippen molar-refractivity contribution in [3.05, 3.63) is 96.5 Å². The topological polar surface area (TPSA) is 96.7 Å². The fraction of sp³-hybridized carbons (Fsp3) is 0.154. The molecule has 2 N–H and O–H groups in total. The zero-order chi connectivity index (χ0) is 25.3. The predicted molar refractivity (Wildman–Crippen MR) is 144 cm³/mol. The number of nitrogens with zero attached hydrogens (tertiary/aromatic N) is 2. The number of hydrogen-bond acceptors (Lipinski definition) is 6. The van der Waals surface area contributed by atoms with E-state index in [1.54, 1.807) is 24.4 Å². The van der Waals surface area contributed by atoms with E-state index in [-0.39, 0.29) is 12.1 Å². The van der Waals surface area contributed by atoms with E-state index in [1.165, 1.54) is 7.11 Å². The summed E-state index contributed by atoms with van der Waals surface area (Å²) in [5.74, 6) is 1.81. The molecule has 0 radical (unpaired) electrons. The maximum atomic E-state index is 11.8. The van der Waals surface area contributed by atoms with Crippen LogP contribution in [-0.2, 0) is 10.0 Å². The first-order valence-electron chi connectivity index (χ1n) is 11.2. The van der Waals surface area contributed by atoms with Crippen LogP contribution < -0.4 is 19.7 Å². The van der Waals surface area contributed by atoms with Crippen LogP contribution in [0.4, 0.5) is 11.4 Å². The van der Waals surface area contributed by atoms with Crippen molar-refractivity contribution in [2.45, 2.75) is 12.1 Å². The molecule has 184 valence electrons. The first-order chi connectivity index (χ1) is 17.3. The lowest BCUT2D eigenvalue weighted by Gasteiger charge is -2.26. The molecule has 10 heteroatoms. The molecule has 1 aliphatic rings. The van der Waals surface area contributed by atoms with Gasteiger partial charge in [0.05, 0.1) is 30.8 Å². The number of pyridine rings is 1. The molecule has 2 atom stereocenters. The monoisotopic (exact) mass is 520 g/mol. The van der Waals surface area contributed by atoms with Gasteiger partial charge in [0, 0.05) is 23.5 Å². The van der Waals surface area contributed by atoms with Gasteiger partial charge in [0.25, 0.3) is 0 Å². The summed E-state index contributed by atoms with van der Waals surface area (Å²) in [5, 5.41) is 3.87. The third kappa shape index (κ3) is 4.77. The Labute approximate surface area is 215 Å². The molecule has 0 aliphatic carbocycles. The second kappa shape index (κ2) is 9.63. The Bertz CT molecular complexity index is 1490. The molecule has 1 saturated heterocycles. The van der Waals surface area contributed by atoms with Gasteiger partial charge in [-0.2, -0.15) is 0 Å². The maximum Gasteiger partial charge on any atom is 0.229 e. The Morgan fingerprint density at radius 1 is 1.06 bits per heavy atom. The van der Waals surface area contributed by atoms with E-state index in [2.05, 4.69) is 15.0 Å². The number of nitrogens with one attached hydrogen (secondary N) is 2. The van der Waals surface area contributed by atoms with Gasteiger partial charge >= 0.3 is 0 Å². The van der Waals surface area contributed by atoms with Gasteiger partial charge in [-0.05, 0) is 48.6 Å². The number of ether oxygens (including phenoxy) is 1. The Morgan fingerprint density at radius 2 is 1.83 bits per heavy atom. The summed E-state index contributed by atoms with van der Waals surface area (Å²) >= 11 is 5.77. The second-order valence-corrected chi connectivity index (χ2v) is 10.5. The van der Waals surface area contributed by atoms with Crippen molar-refractivity contribution in [2.75, 3.05) is 23.0 Å². The largest absolute Gasteiger partial charge is 0.494 e. The highest BCUT2D eigenvalue weighted by Crippen LogP contribution is 2.44. The summed E-state index contributed by atoms with van der Waals surface area (Å²) in [5.41, 5.74) is 2.83. The van der Waals surface area contributed by atoms with E-state index in [0.29, 0.717) is 28.0 Å². The smallest absolute Gasteiger partial charge is 0.229 e. The van der Waals surface area contributed by atoms with Crippen molar-refractivity contribution >= 4 is 38.7 Å².